The Hall–Kier alpha value is -1.43. The minimum Gasteiger partial charge on any atom is -0.460 e. The van der Waals surface area contributed by atoms with Crippen molar-refractivity contribution in [2.45, 2.75) is 32.8 Å². The van der Waals surface area contributed by atoms with Gasteiger partial charge in [-0.2, -0.15) is 0 Å². The predicted molar refractivity (Wildman–Crippen MR) is 57.0 cm³/mol. The fraction of sp³-hybridized carbons (Fsp3) is 0.700. The summed E-state index contributed by atoms with van der Waals surface area (Å²) >= 11 is 0. The van der Waals surface area contributed by atoms with Gasteiger partial charge < -0.3 is 9.84 Å². The highest BCUT2D eigenvalue weighted by molar-refractivity contribution is 5.84. The summed E-state index contributed by atoms with van der Waals surface area (Å²) in [6.07, 6.45) is 0.790. The second-order valence-corrected chi connectivity index (χ2v) is 3.58. The van der Waals surface area contributed by atoms with Crippen LogP contribution in [0.4, 0.5) is 0 Å². The number of nitrogens with zero attached hydrogens (tertiary/aromatic N) is 3. The summed E-state index contributed by atoms with van der Waals surface area (Å²) in [5.41, 5.74) is 0. The van der Waals surface area contributed by atoms with Gasteiger partial charge in [-0.05, 0) is 20.3 Å². The zero-order valence-corrected chi connectivity index (χ0v) is 9.80. The van der Waals surface area contributed by atoms with Crippen molar-refractivity contribution in [1.82, 2.24) is 14.8 Å². The van der Waals surface area contributed by atoms with E-state index in [2.05, 4.69) is 10.1 Å². The first-order chi connectivity index (χ1) is 7.54. The maximum Gasteiger partial charge on any atom is 0.378 e. The van der Waals surface area contributed by atoms with Crippen LogP contribution in [-0.4, -0.2) is 38.6 Å². The maximum atomic E-state index is 11.3. The highest BCUT2D eigenvalue weighted by Crippen LogP contribution is 2.04. The van der Waals surface area contributed by atoms with Gasteiger partial charge in [0, 0.05) is 13.5 Å². The number of aliphatic hydroxyl groups excluding tert-OH is 1. The lowest BCUT2D eigenvalue weighted by molar-refractivity contribution is 0.0512. The minimum atomic E-state index is -0.513. The SMILES string of the molecule is CCOC(=O)c1nc(CCC(C)O)n(C)n1. The lowest BCUT2D eigenvalue weighted by Crippen LogP contribution is -2.07. The molecule has 0 aliphatic rings. The van der Waals surface area contributed by atoms with E-state index < -0.39 is 5.97 Å². The Morgan fingerprint density at radius 1 is 1.62 bits per heavy atom. The summed E-state index contributed by atoms with van der Waals surface area (Å²) in [6, 6.07) is 0. The molecule has 1 heterocycles. The highest BCUT2D eigenvalue weighted by Gasteiger charge is 2.15. The summed E-state index contributed by atoms with van der Waals surface area (Å²) in [5.74, 6) is 0.232. The molecule has 1 atom stereocenters. The summed E-state index contributed by atoms with van der Waals surface area (Å²) in [5, 5.41) is 13.1. The van der Waals surface area contributed by atoms with Crippen LogP contribution in [0.15, 0.2) is 0 Å². The number of aryl methyl sites for hydroxylation is 2. The van der Waals surface area contributed by atoms with Crippen LogP contribution < -0.4 is 0 Å². The number of carbonyl (C=O) groups is 1. The average Bonchev–Trinajstić information content (AvgIpc) is 2.57. The number of esters is 1. The number of rotatable bonds is 5. The van der Waals surface area contributed by atoms with Gasteiger partial charge in [-0.1, -0.05) is 0 Å². The molecule has 0 saturated heterocycles. The molecule has 1 aromatic heterocycles. The van der Waals surface area contributed by atoms with E-state index in [1.165, 1.54) is 4.68 Å². The molecule has 1 unspecified atom stereocenters. The minimum absolute atomic E-state index is 0.0740. The molecule has 0 aromatic carbocycles. The van der Waals surface area contributed by atoms with Gasteiger partial charge in [0.2, 0.25) is 0 Å². The monoisotopic (exact) mass is 227 g/mol. The van der Waals surface area contributed by atoms with Crippen molar-refractivity contribution in [3.63, 3.8) is 0 Å². The van der Waals surface area contributed by atoms with Crippen molar-refractivity contribution in [2.75, 3.05) is 6.61 Å². The Bertz CT molecular complexity index is 360. The summed E-state index contributed by atoms with van der Waals surface area (Å²) < 4.78 is 6.33. The van der Waals surface area contributed by atoms with Gasteiger partial charge in [-0.3, -0.25) is 4.68 Å². The summed E-state index contributed by atoms with van der Waals surface area (Å²) in [6.45, 7) is 3.75. The topological polar surface area (TPSA) is 77.2 Å². The Kier molecular flexibility index (Phi) is 4.42. The van der Waals surface area contributed by atoms with E-state index in [1.54, 1.807) is 20.9 Å². The van der Waals surface area contributed by atoms with Crippen LogP contribution in [0.1, 0.15) is 36.7 Å². The Balaban J connectivity index is 2.69. The van der Waals surface area contributed by atoms with E-state index in [0.717, 1.165) is 0 Å². The molecule has 0 spiro atoms. The normalized spacial score (nSPS) is 12.5. The third kappa shape index (κ3) is 3.30. The first-order valence-corrected chi connectivity index (χ1v) is 5.29. The predicted octanol–water partition coefficient (Wildman–Crippen LogP) is 0.305. The third-order valence-corrected chi connectivity index (χ3v) is 2.10. The van der Waals surface area contributed by atoms with Crippen molar-refractivity contribution in [3.8, 4) is 0 Å². The van der Waals surface area contributed by atoms with Crippen LogP contribution >= 0.6 is 0 Å². The largest absolute Gasteiger partial charge is 0.460 e. The van der Waals surface area contributed by atoms with E-state index in [-0.39, 0.29) is 11.9 Å². The molecular formula is C10H17N3O3. The Labute approximate surface area is 94.2 Å². The van der Waals surface area contributed by atoms with Gasteiger partial charge in [0.25, 0.3) is 5.82 Å². The van der Waals surface area contributed by atoms with Crippen molar-refractivity contribution in [3.05, 3.63) is 11.6 Å². The average molecular weight is 227 g/mol. The van der Waals surface area contributed by atoms with E-state index >= 15 is 0 Å². The first-order valence-electron chi connectivity index (χ1n) is 5.29. The van der Waals surface area contributed by atoms with Gasteiger partial charge >= 0.3 is 5.97 Å². The Morgan fingerprint density at radius 2 is 2.31 bits per heavy atom. The summed E-state index contributed by atoms with van der Waals surface area (Å²) in [4.78, 5) is 15.4. The van der Waals surface area contributed by atoms with E-state index in [1.807, 2.05) is 0 Å². The van der Waals surface area contributed by atoms with E-state index in [4.69, 9.17) is 9.84 Å². The standard InChI is InChI=1S/C10H17N3O3/c1-4-16-10(15)9-11-8(13(3)12-9)6-5-7(2)14/h7,14H,4-6H2,1-3H3. The van der Waals surface area contributed by atoms with Gasteiger partial charge in [0.15, 0.2) is 0 Å². The molecule has 1 aromatic rings. The van der Waals surface area contributed by atoms with Crippen molar-refractivity contribution in [2.24, 2.45) is 7.05 Å². The van der Waals surface area contributed by atoms with Crippen LogP contribution in [0.2, 0.25) is 0 Å². The van der Waals surface area contributed by atoms with E-state index in [9.17, 15) is 4.79 Å². The molecule has 1 rings (SSSR count). The van der Waals surface area contributed by atoms with Crippen LogP contribution in [0.25, 0.3) is 0 Å². The number of aliphatic hydroxyl groups is 1. The zero-order chi connectivity index (χ0) is 12.1. The summed E-state index contributed by atoms with van der Waals surface area (Å²) in [7, 11) is 1.72. The van der Waals surface area contributed by atoms with Gasteiger partial charge in [0.05, 0.1) is 12.7 Å². The van der Waals surface area contributed by atoms with Crippen molar-refractivity contribution >= 4 is 5.97 Å². The third-order valence-electron chi connectivity index (χ3n) is 2.10. The van der Waals surface area contributed by atoms with Crippen LogP contribution in [-0.2, 0) is 18.2 Å². The highest BCUT2D eigenvalue weighted by atomic mass is 16.5. The second-order valence-electron chi connectivity index (χ2n) is 3.58. The van der Waals surface area contributed by atoms with Crippen LogP contribution in [0.5, 0.6) is 0 Å². The molecule has 6 nitrogen and oxygen atoms in total. The molecule has 0 saturated carbocycles. The molecule has 0 fully saturated rings. The number of carbonyl (C=O) groups excluding carboxylic acids is 1. The van der Waals surface area contributed by atoms with Crippen LogP contribution in [0.3, 0.4) is 0 Å². The van der Waals surface area contributed by atoms with Crippen molar-refractivity contribution in [1.29, 1.82) is 0 Å². The number of hydrogen-bond donors (Lipinski definition) is 1. The molecule has 0 aliphatic heterocycles. The molecule has 0 bridgehead atoms. The fourth-order valence-electron chi connectivity index (χ4n) is 1.25. The Morgan fingerprint density at radius 3 is 2.88 bits per heavy atom. The smallest absolute Gasteiger partial charge is 0.378 e. The number of aromatic nitrogens is 3. The molecule has 0 aliphatic carbocycles. The van der Waals surface area contributed by atoms with Crippen molar-refractivity contribution < 1.29 is 14.6 Å². The molecular weight excluding hydrogens is 210 g/mol. The fourth-order valence-corrected chi connectivity index (χ4v) is 1.25. The van der Waals surface area contributed by atoms with Gasteiger partial charge in [-0.15, -0.1) is 5.10 Å². The van der Waals surface area contributed by atoms with Gasteiger partial charge in [-0.25, -0.2) is 9.78 Å². The second kappa shape index (κ2) is 5.60. The molecule has 1 N–H and O–H groups in total. The van der Waals surface area contributed by atoms with Crippen LogP contribution in [0, 0.1) is 0 Å². The maximum absolute atomic E-state index is 11.3. The lowest BCUT2D eigenvalue weighted by Gasteiger charge is -2.01. The van der Waals surface area contributed by atoms with E-state index in [0.29, 0.717) is 25.3 Å². The quantitative estimate of drug-likeness (QED) is 0.732. The zero-order valence-electron chi connectivity index (χ0n) is 9.80. The molecule has 0 radical (unpaired) electrons. The molecule has 0 amide bonds. The molecule has 90 valence electrons. The van der Waals surface area contributed by atoms with Gasteiger partial charge in [0.1, 0.15) is 5.82 Å². The lowest BCUT2D eigenvalue weighted by atomic mass is 10.2. The number of hydrogen-bond acceptors (Lipinski definition) is 5. The molecule has 6 heteroatoms. The first kappa shape index (κ1) is 12.6. The number of ether oxygens (including phenoxy) is 1. The molecule has 16 heavy (non-hydrogen) atoms.